The molecule has 2 aliphatic rings. The number of hydrogen-bond donors (Lipinski definition) is 1. The first-order valence-electron chi connectivity index (χ1n) is 8.31. The molecule has 2 fully saturated rings. The first-order valence-corrected chi connectivity index (χ1v) is 8.75. The number of likely N-dealkylation sites (tertiary alicyclic amines) is 1. The smallest absolute Gasteiger partial charge is 0.229 e. The van der Waals surface area contributed by atoms with Crippen LogP contribution in [0.15, 0.2) is 30.3 Å². The third-order valence-corrected chi connectivity index (χ3v) is 5.82. The van der Waals surface area contributed by atoms with Gasteiger partial charge in [0.15, 0.2) is 0 Å². The minimum Gasteiger partial charge on any atom is -0.369 e. The van der Waals surface area contributed by atoms with Crippen LogP contribution in [0.5, 0.6) is 0 Å². The van der Waals surface area contributed by atoms with E-state index in [2.05, 4.69) is 0 Å². The van der Waals surface area contributed by atoms with E-state index in [0.717, 1.165) is 31.2 Å². The average molecular weight is 335 g/mol. The summed E-state index contributed by atoms with van der Waals surface area (Å²) in [6.07, 6.45) is 4.08. The van der Waals surface area contributed by atoms with Crippen LogP contribution in [0.4, 0.5) is 0 Å². The van der Waals surface area contributed by atoms with Gasteiger partial charge in [0.25, 0.3) is 0 Å². The quantitative estimate of drug-likeness (QED) is 0.863. The highest BCUT2D eigenvalue weighted by Crippen LogP contribution is 2.37. The molecule has 0 aromatic heterocycles. The lowest BCUT2D eigenvalue weighted by molar-refractivity contribution is -0.135. The third-order valence-electron chi connectivity index (χ3n) is 5.38. The predicted octanol–water partition coefficient (Wildman–Crippen LogP) is 2.44. The van der Waals surface area contributed by atoms with E-state index >= 15 is 0 Å². The van der Waals surface area contributed by atoms with Crippen molar-refractivity contribution < 1.29 is 9.59 Å². The molecule has 0 spiro atoms. The highest BCUT2D eigenvalue weighted by molar-refractivity contribution is 6.20. The Morgan fingerprint density at radius 2 is 1.78 bits per heavy atom. The molecule has 1 aliphatic carbocycles. The SMILES string of the molecule is NC(=O)C1(c2ccccc2)CCN(C(=O)C2CCC(Cl)CC2)C1. The highest BCUT2D eigenvalue weighted by Gasteiger charge is 2.47. The zero-order valence-electron chi connectivity index (χ0n) is 13.2. The fraction of sp³-hybridized carbons (Fsp3) is 0.556. The van der Waals surface area contributed by atoms with Crippen molar-refractivity contribution in [1.29, 1.82) is 0 Å². The summed E-state index contributed by atoms with van der Waals surface area (Å²) in [6.45, 7) is 0.990. The van der Waals surface area contributed by atoms with Gasteiger partial charge < -0.3 is 10.6 Å². The Hall–Kier alpha value is -1.55. The van der Waals surface area contributed by atoms with Crippen LogP contribution < -0.4 is 5.73 Å². The van der Waals surface area contributed by atoms with Gasteiger partial charge in [0.2, 0.25) is 11.8 Å². The molecule has 4 nitrogen and oxygen atoms in total. The molecule has 2 amide bonds. The van der Waals surface area contributed by atoms with Crippen molar-refractivity contribution in [2.75, 3.05) is 13.1 Å². The maximum absolute atomic E-state index is 12.8. The summed E-state index contributed by atoms with van der Waals surface area (Å²) in [5.41, 5.74) is 5.89. The largest absolute Gasteiger partial charge is 0.369 e. The lowest BCUT2D eigenvalue weighted by atomic mass is 9.79. The predicted molar refractivity (Wildman–Crippen MR) is 90.1 cm³/mol. The van der Waals surface area contributed by atoms with Crippen molar-refractivity contribution in [2.24, 2.45) is 11.7 Å². The molecule has 0 radical (unpaired) electrons. The van der Waals surface area contributed by atoms with Crippen molar-refractivity contribution in [3.05, 3.63) is 35.9 Å². The Morgan fingerprint density at radius 3 is 2.39 bits per heavy atom. The van der Waals surface area contributed by atoms with E-state index in [1.165, 1.54) is 0 Å². The van der Waals surface area contributed by atoms with Gasteiger partial charge in [-0.15, -0.1) is 11.6 Å². The molecule has 1 heterocycles. The molecular weight excluding hydrogens is 312 g/mol. The molecule has 124 valence electrons. The van der Waals surface area contributed by atoms with Gasteiger partial charge in [-0.05, 0) is 37.7 Å². The zero-order chi connectivity index (χ0) is 16.4. The minimum absolute atomic E-state index is 0.0458. The number of primary amides is 1. The van der Waals surface area contributed by atoms with Gasteiger partial charge in [0.05, 0.1) is 5.41 Å². The van der Waals surface area contributed by atoms with Crippen LogP contribution in [0.1, 0.15) is 37.7 Å². The summed E-state index contributed by atoms with van der Waals surface area (Å²) in [4.78, 5) is 26.8. The number of alkyl halides is 1. The second kappa shape index (κ2) is 6.52. The lowest BCUT2D eigenvalue weighted by Gasteiger charge is -2.30. The fourth-order valence-electron chi connectivity index (χ4n) is 3.89. The van der Waals surface area contributed by atoms with Gasteiger partial charge in [-0.25, -0.2) is 0 Å². The number of nitrogens with two attached hydrogens (primary N) is 1. The Balaban J connectivity index is 1.75. The number of benzene rings is 1. The first-order chi connectivity index (χ1) is 11.0. The molecule has 23 heavy (non-hydrogen) atoms. The molecule has 1 unspecified atom stereocenters. The van der Waals surface area contributed by atoms with Crippen LogP contribution >= 0.6 is 11.6 Å². The fourth-order valence-corrected chi connectivity index (χ4v) is 4.14. The van der Waals surface area contributed by atoms with Crippen LogP contribution in [0.3, 0.4) is 0 Å². The van der Waals surface area contributed by atoms with E-state index in [9.17, 15) is 9.59 Å². The maximum Gasteiger partial charge on any atom is 0.229 e. The molecule has 1 saturated carbocycles. The maximum atomic E-state index is 12.8. The summed E-state index contributed by atoms with van der Waals surface area (Å²) in [5.74, 6) is -0.138. The van der Waals surface area contributed by atoms with Crippen LogP contribution in [-0.4, -0.2) is 35.2 Å². The lowest BCUT2D eigenvalue weighted by Crippen LogP contribution is -2.45. The van der Waals surface area contributed by atoms with Gasteiger partial charge in [0.1, 0.15) is 0 Å². The van der Waals surface area contributed by atoms with Crippen molar-refractivity contribution >= 4 is 23.4 Å². The summed E-state index contributed by atoms with van der Waals surface area (Å²) < 4.78 is 0. The normalized spacial score (nSPS) is 31.1. The molecule has 3 rings (SSSR count). The van der Waals surface area contributed by atoms with Crippen LogP contribution in [-0.2, 0) is 15.0 Å². The molecular formula is C18H23ClN2O2. The number of carbonyl (C=O) groups is 2. The molecule has 1 aromatic carbocycles. The van der Waals surface area contributed by atoms with E-state index in [1.54, 1.807) is 0 Å². The molecule has 1 aliphatic heterocycles. The standard InChI is InChI=1S/C18H23ClN2O2/c19-15-8-6-13(7-9-15)16(22)21-11-10-18(12-21,17(20)23)14-4-2-1-3-5-14/h1-5,13,15H,6-12H2,(H2,20,23). The van der Waals surface area contributed by atoms with Crippen LogP contribution in [0.2, 0.25) is 0 Å². The Labute approximate surface area is 142 Å². The topological polar surface area (TPSA) is 63.4 Å². The highest BCUT2D eigenvalue weighted by atomic mass is 35.5. The van der Waals surface area contributed by atoms with Gasteiger partial charge >= 0.3 is 0 Å². The number of amides is 2. The minimum atomic E-state index is -0.749. The van der Waals surface area contributed by atoms with Gasteiger partial charge in [-0.2, -0.15) is 0 Å². The zero-order valence-corrected chi connectivity index (χ0v) is 14.0. The van der Waals surface area contributed by atoms with E-state index in [-0.39, 0.29) is 23.1 Å². The summed E-state index contributed by atoms with van der Waals surface area (Å²) >= 11 is 6.13. The number of nitrogens with zero attached hydrogens (tertiary/aromatic N) is 1. The second-order valence-electron chi connectivity index (χ2n) is 6.77. The molecule has 0 bridgehead atoms. The number of carbonyl (C=O) groups excluding carboxylic acids is 2. The van der Waals surface area contributed by atoms with Gasteiger partial charge in [-0.3, -0.25) is 9.59 Å². The molecule has 1 saturated heterocycles. The van der Waals surface area contributed by atoms with Crippen molar-refractivity contribution in [1.82, 2.24) is 4.90 Å². The monoisotopic (exact) mass is 334 g/mol. The number of rotatable bonds is 3. The van der Waals surface area contributed by atoms with Crippen LogP contribution in [0.25, 0.3) is 0 Å². The van der Waals surface area contributed by atoms with Gasteiger partial charge in [0, 0.05) is 24.4 Å². The van der Waals surface area contributed by atoms with Crippen molar-refractivity contribution in [3.63, 3.8) is 0 Å². The van der Waals surface area contributed by atoms with E-state index in [0.29, 0.717) is 19.5 Å². The molecule has 2 N–H and O–H groups in total. The first kappa shape index (κ1) is 16.3. The second-order valence-corrected chi connectivity index (χ2v) is 7.39. The summed E-state index contributed by atoms with van der Waals surface area (Å²) in [5, 5.41) is 0.201. The number of halogens is 1. The summed E-state index contributed by atoms with van der Waals surface area (Å²) in [7, 11) is 0. The Bertz CT molecular complexity index is 584. The average Bonchev–Trinajstić information content (AvgIpc) is 3.02. The van der Waals surface area contributed by atoms with E-state index in [1.807, 2.05) is 35.2 Å². The van der Waals surface area contributed by atoms with E-state index < -0.39 is 5.41 Å². The molecule has 5 heteroatoms. The summed E-state index contributed by atoms with van der Waals surface area (Å²) in [6, 6.07) is 9.59. The van der Waals surface area contributed by atoms with Crippen molar-refractivity contribution in [3.8, 4) is 0 Å². The third kappa shape index (κ3) is 3.09. The number of hydrogen-bond acceptors (Lipinski definition) is 2. The van der Waals surface area contributed by atoms with Crippen molar-refractivity contribution in [2.45, 2.75) is 42.9 Å². The van der Waals surface area contributed by atoms with Crippen LogP contribution in [0, 0.1) is 5.92 Å². The molecule has 1 aromatic rings. The Morgan fingerprint density at radius 1 is 1.13 bits per heavy atom. The Kier molecular flexibility index (Phi) is 4.62. The van der Waals surface area contributed by atoms with E-state index in [4.69, 9.17) is 17.3 Å². The molecule has 1 atom stereocenters. The van der Waals surface area contributed by atoms with Gasteiger partial charge in [-0.1, -0.05) is 30.3 Å².